The molecule has 0 bridgehead atoms. The molecule has 9 heavy (non-hydrogen) atoms. The summed E-state index contributed by atoms with van der Waals surface area (Å²) in [6.45, 7) is 1.51. The lowest BCUT2D eigenvalue weighted by Crippen LogP contribution is -2.35. The lowest BCUT2D eigenvalue weighted by Gasteiger charge is -1.98. The summed E-state index contributed by atoms with van der Waals surface area (Å²) in [5, 5.41) is 4.65. The van der Waals surface area contributed by atoms with Crippen LogP contribution in [0.4, 0.5) is 4.79 Å². The Balaban J connectivity index is 3.28. The van der Waals surface area contributed by atoms with Crippen molar-refractivity contribution in [1.29, 1.82) is 0 Å². The van der Waals surface area contributed by atoms with Crippen LogP contribution in [-0.4, -0.2) is 25.4 Å². The summed E-state index contributed by atoms with van der Waals surface area (Å²) < 4.78 is 0. The molecule has 4 heteroatoms. The van der Waals surface area contributed by atoms with Crippen LogP contribution in [0, 0.1) is 0 Å². The van der Waals surface area contributed by atoms with Gasteiger partial charge in [-0.3, -0.25) is 4.79 Å². The van der Waals surface area contributed by atoms with Gasteiger partial charge in [0.15, 0.2) is 0 Å². The van der Waals surface area contributed by atoms with Crippen LogP contribution in [0.3, 0.4) is 0 Å². The number of hydrogen-bond acceptors (Lipinski definition) is 2. The Morgan fingerprint density at radius 3 is 2.33 bits per heavy atom. The largest absolute Gasteiger partial charge is 0.341 e. The number of hydrogen-bond donors (Lipinski definition) is 2. The number of urea groups is 1. The minimum absolute atomic E-state index is 0.0569. The maximum absolute atomic E-state index is 10.3. The topological polar surface area (TPSA) is 58.2 Å². The standard InChI is InChI=1S/C5H10N2O2/c1-4(8)3-7-5(9)6-2/h3H2,1-2H3,(H2,6,7,9). The Labute approximate surface area is 53.6 Å². The summed E-state index contributed by atoms with van der Waals surface area (Å²) in [7, 11) is 1.50. The SMILES string of the molecule is CNC(=O)NCC(C)=O. The maximum Gasteiger partial charge on any atom is 0.314 e. The van der Waals surface area contributed by atoms with Crippen LogP contribution < -0.4 is 10.6 Å². The number of ketones is 1. The van der Waals surface area contributed by atoms with E-state index in [1.807, 2.05) is 0 Å². The van der Waals surface area contributed by atoms with E-state index in [2.05, 4.69) is 10.6 Å². The highest BCUT2D eigenvalue weighted by Gasteiger charge is 1.95. The van der Waals surface area contributed by atoms with Gasteiger partial charge in [0, 0.05) is 7.05 Å². The van der Waals surface area contributed by atoms with Gasteiger partial charge in [0.25, 0.3) is 0 Å². The first-order valence-corrected chi connectivity index (χ1v) is 2.62. The van der Waals surface area contributed by atoms with Crippen molar-refractivity contribution in [3.05, 3.63) is 0 Å². The van der Waals surface area contributed by atoms with Crippen LogP contribution in [-0.2, 0) is 4.79 Å². The van der Waals surface area contributed by atoms with Crippen molar-refractivity contribution in [3.8, 4) is 0 Å². The normalized spacial score (nSPS) is 8.22. The van der Waals surface area contributed by atoms with Crippen LogP contribution in [0.25, 0.3) is 0 Å². The van der Waals surface area contributed by atoms with E-state index in [0.717, 1.165) is 0 Å². The second kappa shape index (κ2) is 3.88. The van der Waals surface area contributed by atoms with Gasteiger partial charge >= 0.3 is 6.03 Å². The van der Waals surface area contributed by atoms with E-state index < -0.39 is 0 Å². The monoisotopic (exact) mass is 130 g/mol. The van der Waals surface area contributed by atoms with E-state index in [4.69, 9.17) is 0 Å². The van der Waals surface area contributed by atoms with Gasteiger partial charge in [0.2, 0.25) is 0 Å². The quantitative estimate of drug-likeness (QED) is 0.529. The third-order valence-electron chi connectivity index (χ3n) is 0.725. The van der Waals surface area contributed by atoms with Gasteiger partial charge in [-0.05, 0) is 6.92 Å². The fraction of sp³-hybridized carbons (Fsp3) is 0.600. The summed E-state index contributed by atoms with van der Waals surface area (Å²) in [4.78, 5) is 20.6. The Kier molecular flexibility index (Phi) is 3.43. The lowest BCUT2D eigenvalue weighted by molar-refractivity contribution is -0.116. The average Bonchev–Trinajstić information content (AvgIpc) is 1.83. The summed E-state index contributed by atoms with van der Waals surface area (Å²) in [6.07, 6.45) is 0. The average molecular weight is 130 g/mol. The molecule has 0 aliphatic carbocycles. The van der Waals surface area contributed by atoms with Crippen LogP contribution in [0.5, 0.6) is 0 Å². The number of carbonyl (C=O) groups is 2. The first-order chi connectivity index (χ1) is 4.16. The molecule has 52 valence electrons. The Hall–Kier alpha value is -1.06. The van der Waals surface area contributed by atoms with E-state index in [9.17, 15) is 9.59 Å². The molecular formula is C5H10N2O2. The summed E-state index contributed by atoms with van der Waals surface area (Å²) >= 11 is 0. The van der Waals surface area contributed by atoms with Crippen LogP contribution in [0.2, 0.25) is 0 Å². The molecule has 0 saturated heterocycles. The van der Waals surface area contributed by atoms with Crippen molar-refractivity contribution in [2.75, 3.05) is 13.6 Å². The van der Waals surface area contributed by atoms with Crippen LogP contribution in [0.15, 0.2) is 0 Å². The Morgan fingerprint density at radius 2 is 2.00 bits per heavy atom. The lowest BCUT2D eigenvalue weighted by atomic mass is 10.4. The molecule has 2 N–H and O–H groups in total. The molecule has 0 aliphatic rings. The van der Waals surface area contributed by atoms with Gasteiger partial charge in [0.05, 0.1) is 6.54 Å². The van der Waals surface area contributed by atoms with Crippen molar-refractivity contribution < 1.29 is 9.59 Å². The predicted molar refractivity (Wildman–Crippen MR) is 33.1 cm³/mol. The summed E-state index contributed by atoms with van der Waals surface area (Å²) in [5.74, 6) is -0.0569. The van der Waals surface area contributed by atoms with E-state index in [1.165, 1.54) is 14.0 Å². The van der Waals surface area contributed by atoms with Crippen molar-refractivity contribution in [2.24, 2.45) is 0 Å². The predicted octanol–water partition coefficient (Wildman–Crippen LogP) is -0.496. The number of amides is 2. The molecular weight excluding hydrogens is 120 g/mol. The zero-order valence-electron chi connectivity index (χ0n) is 5.52. The molecule has 0 aliphatic heterocycles. The third-order valence-corrected chi connectivity index (χ3v) is 0.725. The molecule has 0 heterocycles. The minimum atomic E-state index is -0.329. The zero-order valence-corrected chi connectivity index (χ0v) is 5.52. The molecule has 0 atom stereocenters. The first-order valence-electron chi connectivity index (χ1n) is 2.62. The molecule has 0 saturated carbocycles. The van der Waals surface area contributed by atoms with Crippen LogP contribution in [0.1, 0.15) is 6.92 Å². The molecule has 2 amide bonds. The highest BCUT2D eigenvalue weighted by molar-refractivity contribution is 5.83. The summed E-state index contributed by atoms with van der Waals surface area (Å²) in [5.41, 5.74) is 0. The zero-order chi connectivity index (χ0) is 7.28. The van der Waals surface area contributed by atoms with Crippen molar-refractivity contribution in [2.45, 2.75) is 6.92 Å². The van der Waals surface area contributed by atoms with Crippen molar-refractivity contribution >= 4 is 11.8 Å². The number of carbonyl (C=O) groups excluding carboxylic acids is 2. The second-order valence-electron chi connectivity index (χ2n) is 1.63. The highest BCUT2D eigenvalue weighted by atomic mass is 16.2. The number of Topliss-reactive ketones (excluding diaryl/α,β-unsaturated/α-hetero) is 1. The molecule has 0 unspecified atom stereocenters. The van der Waals surface area contributed by atoms with Gasteiger partial charge in [-0.25, -0.2) is 4.79 Å². The molecule has 0 aromatic carbocycles. The van der Waals surface area contributed by atoms with Crippen molar-refractivity contribution in [1.82, 2.24) is 10.6 Å². The van der Waals surface area contributed by atoms with Gasteiger partial charge in [-0.1, -0.05) is 0 Å². The fourth-order valence-electron chi connectivity index (χ4n) is 0.293. The summed E-state index contributed by atoms with van der Waals surface area (Å²) in [6, 6.07) is -0.329. The Morgan fingerprint density at radius 1 is 1.44 bits per heavy atom. The number of nitrogens with one attached hydrogen (secondary N) is 2. The maximum atomic E-state index is 10.3. The second-order valence-corrected chi connectivity index (χ2v) is 1.63. The molecule has 4 nitrogen and oxygen atoms in total. The van der Waals surface area contributed by atoms with E-state index in [0.29, 0.717) is 0 Å². The molecule has 0 radical (unpaired) electrons. The number of rotatable bonds is 2. The highest BCUT2D eigenvalue weighted by Crippen LogP contribution is 1.64. The first kappa shape index (κ1) is 7.94. The van der Waals surface area contributed by atoms with E-state index >= 15 is 0 Å². The molecule has 0 rings (SSSR count). The van der Waals surface area contributed by atoms with Gasteiger partial charge in [-0.15, -0.1) is 0 Å². The molecule has 0 spiro atoms. The Bertz CT molecular complexity index is 122. The third kappa shape index (κ3) is 4.80. The molecule has 0 aromatic rings. The van der Waals surface area contributed by atoms with Gasteiger partial charge in [0.1, 0.15) is 5.78 Å². The minimum Gasteiger partial charge on any atom is -0.341 e. The van der Waals surface area contributed by atoms with Crippen molar-refractivity contribution in [3.63, 3.8) is 0 Å². The van der Waals surface area contributed by atoms with Gasteiger partial charge in [-0.2, -0.15) is 0 Å². The molecule has 0 fully saturated rings. The fourth-order valence-corrected chi connectivity index (χ4v) is 0.293. The smallest absolute Gasteiger partial charge is 0.314 e. The van der Waals surface area contributed by atoms with Crippen LogP contribution >= 0.6 is 0 Å². The van der Waals surface area contributed by atoms with E-state index in [1.54, 1.807) is 0 Å². The van der Waals surface area contributed by atoms with E-state index in [-0.39, 0.29) is 18.4 Å². The molecule has 0 aromatic heterocycles. The van der Waals surface area contributed by atoms with Gasteiger partial charge < -0.3 is 10.6 Å².